The van der Waals surface area contributed by atoms with Crippen molar-refractivity contribution >= 4 is 16.8 Å². The third-order valence-electron chi connectivity index (χ3n) is 5.48. The lowest BCUT2D eigenvalue weighted by Crippen LogP contribution is -2.29. The molecule has 0 atom stereocenters. The van der Waals surface area contributed by atoms with Crippen molar-refractivity contribution in [2.24, 2.45) is 7.05 Å². The summed E-state index contributed by atoms with van der Waals surface area (Å²) in [5.74, 6) is 0.228. The van der Waals surface area contributed by atoms with E-state index in [9.17, 15) is 9.90 Å². The number of phenols is 1. The molecule has 1 amide bonds. The highest BCUT2D eigenvalue weighted by atomic mass is 16.3. The summed E-state index contributed by atoms with van der Waals surface area (Å²) in [6, 6.07) is 7.47. The standard InChI is InChI=1S/C22H26N4O2/c1-24(2)14-19-21(22(28)26-9-4-5-10-26)17-12-20(27)16(11-18(17)25(19)3)15-7-6-8-23-13-15/h6-8,11-13,27H,4-5,9-10,14H2,1-3H3. The summed E-state index contributed by atoms with van der Waals surface area (Å²) < 4.78 is 2.08. The van der Waals surface area contributed by atoms with Crippen LogP contribution < -0.4 is 0 Å². The van der Waals surface area contributed by atoms with E-state index < -0.39 is 0 Å². The van der Waals surface area contributed by atoms with Gasteiger partial charge < -0.3 is 19.5 Å². The van der Waals surface area contributed by atoms with Gasteiger partial charge in [0, 0.05) is 66.8 Å². The number of aromatic nitrogens is 2. The Morgan fingerprint density at radius 1 is 1.25 bits per heavy atom. The highest BCUT2D eigenvalue weighted by molar-refractivity contribution is 6.10. The van der Waals surface area contributed by atoms with E-state index in [1.807, 2.05) is 44.2 Å². The van der Waals surface area contributed by atoms with E-state index in [1.165, 1.54) is 0 Å². The number of amides is 1. The van der Waals surface area contributed by atoms with Crippen LogP contribution in [0.1, 0.15) is 28.9 Å². The Balaban J connectivity index is 1.93. The van der Waals surface area contributed by atoms with Gasteiger partial charge in [0.25, 0.3) is 5.91 Å². The van der Waals surface area contributed by atoms with Crippen LogP contribution in [0.4, 0.5) is 0 Å². The second-order valence-corrected chi connectivity index (χ2v) is 7.75. The number of carbonyl (C=O) groups excluding carboxylic acids is 1. The first-order valence-electron chi connectivity index (χ1n) is 9.66. The molecule has 1 saturated heterocycles. The van der Waals surface area contributed by atoms with E-state index in [0.717, 1.165) is 53.7 Å². The molecule has 0 saturated carbocycles. The second-order valence-electron chi connectivity index (χ2n) is 7.75. The summed E-state index contributed by atoms with van der Waals surface area (Å²) >= 11 is 0. The van der Waals surface area contributed by atoms with E-state index in [4.69, 9.17) is 0 Å². The molecule has 3 aromatic rings. The topological polar surface area (TPSA) is 61.6 Å². The smallest absolute Gasteiger partial charge is 0.256 e. The fourth-order valence-electron chi connectivity index (χ4n) is 4.08. The summed E-state index contributed by atoms with van der Waals surface area (Å²) in [4.78, 5) is 21.5. The van der Waals surface area contributed by atoms with Crippen molar-refractivity contribution in [3.05, 3.63) is 47.9 Å². The van der Waals surface area contributed by atoms with Gasteiger partial charge in [-0.3, -0.25) is 9.78 Å². The van der Waals surface area contributed by atoms with Gasteiger partial charge in [-0.1, -0.05) is 6.07 Å². The first kappa shape index (κ1) is 18.5. The van der Waals surface area contributed by atoms with Crippen LogP contribution in [0.3, 0.4) is 0 Å². The number of pyridine rings is 1. The van der Waals surface area contributed by atoms with Gasteiger partial charge in [0.1, 0.15) is 5.75 Å². The third-order valence-corrected chi connectivity index (χ3v) is 5.48. The van der Waals surface area contributed by atoms with E-state index in [2.05, 4.69) is 14.5 Å². The fraction of sp³-hybridized carbons (Fsp3) is 0.364. The molecule has 1 aliphatic heterocycles. The molecule has 1 fully saturated rings. The highest BCUT2D eigenvalue weighted by Gasteiger charge is 2.28. The molecule has 1 aromatic carbocycles. The summed E-state index contributed by atoms with van der Waals surface area (Å²) in [7, 11) is 5.99. The number of nitrogens with zero attached hydrogens (tertiary/aromatic N) is 4. The second kappa shape index (κ2) is 7.28. The molecule has 3 heterocycles. The average Bonchev–Trinajstić information content (AvgIpc) is 3.29. The summed E-state index contributed by atoms with van der Waals surface area (Å²) in [6.45, 7) is 2.26. The number of hydrogen-bond donors (Lipinski definition) is 1. The van der Waals surface area contributed by atoms with Crippen molar-refractivity contribution in [3.8, 4) is 16.9 Å². The minimum atomic E-state index is 0.0634. The van der Waals surface area contributed by atoms with Gasteiger partial charge in [0.15, 0.2) is 0 Å². The van der Waals surface area contributed by atoms with Gasteiger partial charge in [-0.2, -0.15) is 0 Å². The van der Waals surface area contributed by atoms with Gasteiger partial charge in [-0.15, -0.1) is 0 Å². The van der Waals surface area contributed by atoms with E-state index >= 15 is 0 Å². The molecule has 4 rings (SSSR count). The lowest BCUT2D eigenvalue weighted by Gasteiger charge is -2.18. The van der Waals surface area contributed by atoms with Crippen LogP contribution in [0.15, 0.2) is 36.7 Å². The Hall–Kier alpha value is -2.86. The van der Waals surface area contributed by atoms with E-state index in [-0.39, 0.29) is 11.7 Å². The maximum absolute atomic E-state index is 13.3. The molecule has 0 bridgehead atoms. The fourth-order valence-corrected chi connectivity index (χ4v) is 4.08. The molecule has 0 radical (unpaired) electrons. The zero-order valence-electron chi connectivity index (χ0n) is 16.6. The van der Waals surface area contributed by atoms with Gasteiger partial charge in [-0.25, -0.2) is 0 Å². The Morgan fingerprint density at radius 3 is 2.64 bits per heavy atom. The van der Waals surface area contributed by atoms with Crippen molar-refractivity contribution in [2.45, 2.75) is 19.4 Å². The van der Waals surface area contributed by atoms with Gasteiger partial charge >= 0.3 is 0 Å². The summed E-state index contributed by atoms with van der Waals surface area (Å²) in [5.41, 5.74) is 4.19. The largest absolute Gasteiger partial charge is 0.507 e. The van der Waals surface area contributed by atoms with Crippen LogP contribution in [0.5, 0.6) is 5.75 Å². The van der Waals surface area contributed by atoms with Crippen molar-refractivity contribution in [2.75, 3.05) is 27.2 Å². The summed E-state index contributed by atoms with van der Waals surface area (Å²) in [5, 5.41) is 11.6. The number of phenolic OH excluding ortho intramolecular Hbond substituents is 1. The third kappa shape index (κ3) is 3.14. The number of aromatic hydroxyl groups is 1. The number of likely N-dealkylation sites (tertiary alicyclic amines) is 1. The van der Waals surface area contributed by atoms with Crippen LogP contribution in [-0.2, 0) is 13.6 Å². The molecule has 0 aliphatic carbocycles. The average molecular weight is 378 g/mol. The Morgan fingerprint density at radius 2 is 2.00 bits per heavy atom. The van der Waals surface area contributed by atoms with Crippen molar-refractivity contribution in [1.82, 2.24) is 19.4 Å². The monoisotopic (exact) mass is 378 g/mol. The molecular formula is C22H26N4O2. The van der Waals surface area contributed by atoms with Crippen molar-refractivity contribution < 1.29 is 9.90 Å². The quantitative estimate of drug-likeness (QED) is 0.757. The van der Waals surface area contributed by atoms with E-state index in [0.29, 0.717) is 12.1 Å². The molecule has 6 heteroatoms. The Labute approximate surface area is 165 Å². The minimum Gasteiger partial charge on any atom is -0.507 e. The predicted molar refractivity (Wildman–Crippen MR) is 110 cm³/mol. The molecule has 1 aliphatic rings. The number of benzene rings is 1. The maximum atomic E-state index is 13.3. The first-order chi connectivity index (χ1) is 13.5. The van der Waals surface area contributed by atoms with Crippen molar-refractivity contribution in [1.29, 1.82) is 0 Å². The lowest BCUT2D eigenvalue weighted by atomic mass is 10.0. The van der Waals surface area contributed by atoms with Crippen LogP contribution >= 0.6 is 0 Å². The molecule has 0 spiro atoms. The summed E-state index contributed by atoms with van der Waals surface area (Å²) in [6.07, 6.45) is 5.55. The molecular weight excluding hydrogens is 352 g/mol. The minimum absolute atomic E-state index is 0.0634. The van der Waals surface area contributed by atoms with Gasteiger partial charge in [-0.05, 0) is 45.1 Å². The van der Waals surface area contributed by atoms with Crippen LogP contribution in [-0.4, -0.2) is 57.5 Å². The molecule has 2 aromatic heterocycles. The van der Waals surface area contributed by atoms with Gasteiger partial charge in [0.05, 0.1) is 5.56 Å². The number of hydrogen-bond acceptors (Lipinski definition) is 4. The van der Waals surface area contributed by atoms with Crippen molar-refractivity contribution in [3.63, 3.8) is 0 Å². The molecule has 6 nitrogen and oxygen atoms in total. The predicted octanol–water partition coefficient (Wildman–Crippen LogP) is 3.24. The zero-order chi connectivity index (χ0) is 19.8. The number of fused-ring (bicyclic) bond motifs is 1. The lowest BCUT2D eigenvalue weighted by molar-refractivity contribution is 0.0792. The molecule has 28 heavy (non-hydrogen) atoms. The highest BCUT2D eigenvalue weighted by Crippen LogP contribution is 2.37. The normalized spacial score (nSPS) is 14.4. The van der Waals surface area contributed by atoms with Crippen LogP contribution in [0.25, 0.3) is 22.0 Å². The number of carbonyl (C=O) groups is 1. The number of rotatable bonds is 4. The van der Waals surface area contributed by atoms with E-state index in [1.54, 1.807) is 18.5 Å². The van der Waals surface area contributed by atoms with Gasteiger partial charge in [0.2, 0.25) is 0 Å². The van der Waals surface area contributed by atoms with Crippen LogP contribution in [0.2, 0.25) is 0 Å². The SMILES string of the molecule is CN(C)Cc1c(C(=O)N2CCCC2)c2cc(O)c(-c3cccnc3)cc2n1C. The Bertz CT molecular complexity index is 1020. The molecule has 0 unspecified atom stereocenters. The molecule has 1 N–H and O–H groups in total. The maximum Gasteiger partial charge on any atom is 0.256 e. The zero-order valence-corrected chi connectivity index (χ0v) is 16.6. The first-order valence-corrected chi connectivity index (χ1v) is 9.66. The Kier molecular flexibility index (Phi) is 4.81. The molecule has 146 valence electrons. The number of aryl methyl sites for hydroxylation is 1. The van der Waals surface area contributed by atoms with Crippen LogP contribution in [0, 0.1) is 0 Å².